The number of nitrogens with two attached hydrogens (primary N) is 1. The molecule has 2 aliphatic carbocycles. The van der Waals surface area contributed by atoms with Crippen molar-refractivity contribution in [3.63, 3.8) is 0 Å². The summed E-state index contributed by atoms with van der Waals surface area (Å²) < 4.78 is 0. The zero-order valence-corrected chi connectivity index (χ0v) is 7.92. The number of allylic oxidation sites excluding steroid dienone is 1. The number of rotatable bonds is 3. The molecular formula is C11H19N. The standard InChI is InChI=1S/C11H19N/c1-2-8-7-10(8)11(12)9-5-3-4-6-9/h5,8,10-11H,2-4,6-7,12H2,1H3/t8-,10-,11?/m1/s1. The van der Waals surface area contributed by atoms with Crippen LogP contribution in [0.4, 0.5) is 0 Å². The molecule has 2 aliphatic rings. The Morgan fingerprint density at radius 3 is 3.00 bits per heavy atom. The molecule has 1 nitrogen and oxygen atoms in total. The van der Waals surface area contributed by atoms with Crippen LogP contribution in [-0.4, -0.2) is 6.04 Å². The van der Waals surface area contributed by atoms with E-state index in [4.69, 9.17) is 5.73 Å². The first kappa shape index (κ1) is 8.31. The van der Waals surface area contributed by atoms with E-state index < -0.39 is 0 Å². The van der Waals surface area contributed by atoms with E-state index in [9.17, 15) is 0 Å². The molecule has 0 aromatic rings. The van der Waals surface area contributed by atoms with Crippen LogP contribution in [0.25, 0.3) is 0 Å². The summed E-state index contributed by atoms with van der Waals surface area (Å²) in [5.41, 5.74) is 7.73. The van der Waals surface area contributed by atoms with Crippen LogP contribution >= 0.6 is 0 Å². The van der Waals surface area contributed by atoms with Gasteiger partial charge in [0.25, 0.3) is 0 Å². The van der Waals surface area contributed by atoms with Gasteiger partial charge in [0.1, 0.15) is 0 Å². The van der Waals surface area contributed by atoms with Gasteiger partial charge in [-0.1, -0.05) is 25.0 Å². The molecular weight excluding hydrogens is 146 g/mol. The van der Waals surface area contributed by atoms with Gasteiger partial charge < -0.3 is 5.73 Å². The van der Waals surface area contributed by atoms with E-state index in [-0.39, 0.29) is 0 Å². The SMILES string of the molecule is CC[C@@H]1C[C@H]1C(N)C1=CCCC1. The Morgan fingerprint density at radius 2 is 2.50 bits per heavy atom. The van der Waals surface area contributed by atoms with Gasteiger partial charge in [0.2, 0.25) is 0 Å². The molecule has 0 aliphatic heterocycles. The normalized spacial score (nSPS) is 36.3. The zero-order valence-electron chi connectivity index (χ0n) is 7.92. The highest BCUT2D eigenvalue weighted by Crippen LogP contribution is 2.45. The van der Waals surface area contributed by atoms with Crippen LogP contribution in [0.5, 0.6) is 0 Å². The summed E-state index contributed by atoms with van der Waals surface area (Å²) in [4.78, 5) is 0. The van der Waals surface area contributed by atoms with Crippen molar-refractivity contribution in [2.45, 2.75) is 45.1 Å². The first-order valence-corrected chi connectivity index (χ1v) is 5.27. The molecule has 0 heterocycles. The molecule has 1 fully saturated rings. The quantitative estimate of drug-likeness (QED) is 0.639. The van der Waals surface area contributed by atoms with E-state index >= 15 is 0 Å². The molecule has 0 aromatic carbocycles. The van der Waals surface area contributed by atoms with E-state index in [1.807, 2.05) is 0 Å². The topological polar surface area (TPSA) is 26.0 Å². The Morgan fingerprint density at radius 1 is 1.67 bits per heavy atom. The van der Waals surface area contributed by atoms with Gasteiger partial charge in [-0.15, -0.1) is 0 Å². The van der Waals surface area contributed by atoms with Crippen LogP contribution in [0.2, 0.25) is 0 Å². The summed E-state index contributed by atoms with van der Waals surface area (Å²) in [6.07, 6.45) is 8.96. The molecule has 0 radical (unpaired) electrons. The highest BCUT2D eigenvalue weighted by molar-refractivity contribution is 5.18. The van der Waals surface area contributed by atoms with Gasteiger partial charge in [0.05, 0.1) is 0 Å². The summed E-state index contributed by atoms with van der Waals surface area (Å²) >= 11 is 0. The maximum Gasteiger partial charge on any atom is 0.0285 e. The summed E-state index contributed by atoms with van der Waals surface area (Å²) in [5.74, 6) is 1.78. The van der Waals surface area contributed by atoms with E-state index in [0.717, 1.165) is 11.8 Å². The van der Waals surface area contributed by atoms with Crippen molar-refractivity contribution in [3.05, 3.63) is 11.6 Å². The number of hydrogen-bond donors (Lipinski definition) is 1. The Hall–Kier alpha value is -0.300. The Kier molecular flexibility index (Phi) is 2.22. The average molecular weight is 165 g/mol. The lowest BCUT2D eigenvalue weighted by Gasteiger charge is -2.12. The molecule has 0 bridgehead atoms. The fraction of sp³-hybridized carbons (Fsp3) is 0.818. The zero-order chi connectivity index (χ0) is 8.55. The van der Waals surface area contributed by atoms with Crippen molar-refractivity contribution in [2.75, 3.05) is 0 Å². The monoisotopic (exact) mass is 165 g/mol. The third kappa shape index (κ3) is 1.42. The van der Waals surface area contributed by atoms with E-state index in [2.05, 4.69) is 13.0 Å². The molecule has 1 saturated carbocycles. The highest BCUT2D eigenvalue weighted by Gasteiger charge is 2.41. The van der Waals surface area contributed by atoms with Gasteiger partial charge >= 0.3 is 0 Å². The summed E-state index contributed by atoms with van der Waals surface area (Å²) in [6, 6.07) is 0.414. The Bertz CT molecular complexity index is 195. The third-order valence-electron chi connectivity index (χ3n) is 3.47. The average Bonchev–Trinajstić information content (AvgIpc) is 2.68. The molecule has 1 unspecified atom stereocenters. The van der Waals surface area contributed by atoms with Crippen LogP contribution in [0, 0.1) is 11.8 Å². The predicted molar refractivity (Wildman–Crippen MR) is 51.8 cm³/mol. The fourth-order valence-corrected chi connectivity index (χ4v) is 2.45. The van der Waals surface area contributed by atoms with Gasteiger partial charge in [0.15, 0.2) is 0 Å². The van der Waals surface area contributed by atoms with Crippen LogP contribution < -0.4 is 5.73 Å². The molecule has 0 spiro atoms. The van der Waals surface area contributed by atoms with Gasteiger partial charge in [-0.2, -0.15) is 0 Å². The van der Waals surface area contributed by atoms with Crippen molar-refractivity contribution in [2.24, 2.45) is 17.6 Å². The summed E-state index contributed by atoms with van der Waals surface area (Å²) in [7, 11) is 0. The molecule has 0 amide bonds. The first-order chi connectivity index (χ1) is 5.83. The molecule has 2 rings (SSSR count). The van der Waals surface area contributed by atoms with Crippen molar-refractivity contribution >= 4 is 0 Å². The molecule has 0 aromatic heterocycles. The van der Waals surface area contributed by atoms with Crippen LogP contribution in [0.1, 0.15) is 39.0 Å². The molecule has 12 heavy (non-hydrogen) atoms. The van der Waals surface area contributed by atoms with E-state index in [1.165, 1.54) is 32.1 Å². The van der Waals surface area contributed by atoms with Crippen molar-refractivity contribution < 1.29 is 0 Å². The van der Waals surface area contributed by atoms with Gasteiger partial charge in [-0.3, -0.25) is 0 Å². The maximum atomic E-state index is 6.18. The lowest BCUT2D eigenvalue weighted by atomic mass is 10.0. The van der Waals surface area contributed by atoms with Crippen LogP contribution in [-0.2, 0) is 0 Å². The highest BCUT2D eigenvalue weighted by atomic mass is 14.7. The second-order valence-electron chi connectivity index (χ2n) is 4.26. The van der Waals surface area contributed by atoms with E-state index in [0.29, 0.717) is 6.04 Å². The van der Waals surface area contributed by atoms with Gasteiger partial charge in [0, 0.05) is 6.04 Å². The maximum absolute atomic E-state index is 6.18. The van der Waals surface area contributed by atoms with Crippen LogP contribution in [0.3, 0.4) is 0 Å². The summed E-state index contributed by atoms with van der Waals surface area (Å²) in [5, 5.41) is 0. The first-order valence-electron chi connectivity index (χ1n) is 5.27. The molecule has 2 N–H and O–H groups in total. The second kappa shape index (κ2) is 3.21. The Labute approximate surface area is 75.0 Å². The minimum Gasteiger partial charge on any atom is -0.324 e. The third-order valence-corrected chi connectivity index (χ3v) is 3.47. The lowest BCUT2D eigenvalue weighted by molar-refractivity contribution is 0.587. The molecule has 1 heteroatoms. The largest absolute Gasteiger partial charge is 0.324 e. The molecule has 0 saturated heterocycles. The van der Waals surface area contributed by atoms with Gasteiger partial charge in [-0.25, -0.2) is 0 Å². The Balaban J connectivity index is 1.88. The van der Waals surface area contributed by atoms with Crippen LogP contribution in [0.15, 0.2) is 11.6 Å². The smallest absolute Gasteiger partial charge is 0.0285 e. The van der Waals surface area contributed by atoms with Gasteiger partial charge in [-0.05, 0) is 37.5 Å². The van der Waals surface area contributed by atoms with Crippen molar-refractivity contribution in [1.82, 2.24) is 0 Å². The fourth-order valence-electron chi connectivity index (χ4n) is 2.45. The summed E-state index contributed by atoms with van der Waals surface area (Å²) in [6.45, 7) is 2.28. The van der Waals surface area contributed by atoms with Crippen molar-refractivity contribution in [1.29, 1.82) is 0 Å². The van der Waals surface area contributed by atoms with E-state index in [1.54, 1.807) is 5.57 Å². The lowest BCUT2D eigenvalue weighted by Crippen LogP contribution is -2.25. The predicted octanol–water partition coefficient (Wildman–Crippen LogP) is 2.47. The number of hydrogen-bond acceptors (Lipinski definition) is 1. The minimum absolute atomic E-state index is 0.414. The molecule has 68 valence electrons. The molecule has 3 atom stereocenters. The second-order valence-corrected chi connectivity index (χ2v) is 4.26. The minimum atomic E-state index is 0.414. The van der Waals surface area contributed by atoms with Crippen molar-refractivity contribution in [3.8, 4) is 0 Å².